The fraction of sp³-hybridized carbons (Fsp3) is 0.125. The van der Waals surface area contributed by atoms with E-state index in [1.165, 1.54) is 0 Å². The van der Waals surface area contributed by atoms with E-state index in [4.69, 9.17) is 5.73 Å². The van der Waals surface area contributed by atoms with Crippen LogP contribution in [0.2, 0.25) is 0 Å². The molecule has 0 unspecified atom stereocenters. The van der Waals surface area contributed by atoms with E-state index in [1.54, 1.807) is 0 Å². The van der Waals surface area contributed by atoms with Crippen molar-refractivity contribution in [3.05, 3.63) is 24.0 Å². The second-order valence-electron chi connectivity index (χ2n) is 2.90. The predicted molar refractivity (Wildman–Crippen MR) is 52.7 cm³/mol. The Morgan fingerprint density at radius 2 is 2.07 bits per heavy atom. The van der Waals surface area contributed by atoms with Crippen molar-refractivity contribution < 1.29 is 17.6 Å². The van der Waals surface area contributed by atoms with Gasteiger partial charge in [-0.2, -0.15) is 0 Å². The molecule has 2 amide bonds. The fourth-order valence-electron chi connectivity index (χ4n) is 1.06. The van der Waals surface area contributed by atoms with Gasteiger partial charge in [0.2, 0.25) is 0 Å². The largest absolute Gasteiger partial charge is 0.351 e. The number of primary amides is 1. The molecule has 7 heteroatoms. The smallest absolute Gasteiger partial charge is 0.316 e. The quantitative estimate of drug-likeness (QED) is 0.736. The molecule has 82 valence electrons. The van der Waals surface area contributed by atoms with Gasteiger partial charge in [-0.05, 0) is 18.2 Å². The minimum Gasteiger partial charge on any atom is -0.351 e. The van der Waals surface area contributed by atoms with Crippen molar-refractivity contribution in [3.8, 4) is 0 Å². The number of sulfone groups is 1. The second kappa shape index (κ2) is 3.85. The molecular formula is C8H9FN2O3S. The Labute approximate surface area is 86.0 Å². The Morgan fingerprint density at radius 3 is 2.53 bits per heavy atom. The summed E-state index contributed by atoms with van der Waals surface area (Å²) in [6.07, 6.45) is 0.951. The van der Waals surface area contributed by atoms with Gasteiger partial charge in [-0.25, -0.2) is 17.6 Å². The van der Waals surface area contributed by atoms with Gasteiger partial charge in [0.25, 0.3) is 0 Å². The highest BCUT2D eigenvalue weighted by molar-refractivity contribution is 7.90. The number of nitrogens with one attached hydrogen (secondary N) is 1. The summed E-state index contributed by atoms with van der Waals surface area (Å²) in [7, 11) is -3.53. The molecule has 0 radical (unpaired) electrons. The minimum absolute atomic E-state index is 0.162. The van der Waals surface area contributed by atoms with Crippen LogP contribution in [0.1, 0.15) is 0 Å². The molecule has 0 atom stereocenters. The van der Waals surface area contributed by atoms with Gasteiger partial charge in [-0.1, -0.05) is 0 Å². The van der Waals surface area contributed by atoms with Crippen LogP contribution in [0.5, 0.6) is 0 Å². The van der Waals surface area contributed by atoms with Gasteiger partial charge in [0.1, 0.15) is 5.82 Å². The Hall–Kier alpha value is -1.63. The third-order valence-corrected chi connectivity index (χ3v) is 2.75. The Balaban J connectivity index is 3.33. The molecule has 0 aliphatic rings. The summed E-state index contributed by atoms with van der Waals surface area (Å²) < 4.78 is 35.3. The Bertz CT molecular complexity index is 499. The third-order valence-electron chi connectivity index (χ3n) is 1.60. The number of rotatable bonds is 2. The lowest BCUT2D eigenvalue weighted by molar-refractivity contribution is 0.259. The summed E-state index contributed by atoms with van der Waals surface area (Å²) in [5.74, 6) is -0.661. The first-order valence-electron chi connectivity index (χ1n) is 3.87. The minimum atomic E-state index is -3.53. The molecule has 1 rings (SSSR count). The van der Waals surface area contributed by atoms with Crippen LogP contribution in [0.3, 0.4) is 0 Å². The van der Waals surface area contributed by atoms with Crippen LogP contribution in [0.15, 0.2) is 23.1 Å². The van der Waals surface area contributed by atoms with Gasteiger partial charge in [-0.15, -0.1) is 0 Å². The number of urea groups is 1. The molecule has 0 aliphatic carbocycles. The van der Waals surface area contributed by atoms with Crippen LogP contribution in [-0.2, 0) is 9.84 Å². The molecule has 5 nitrogen and oxygen atoms in total. The first-order chi connectivity index (χ1) is 6.80. The van der Waals surface area contributed by atoms with E-state index >= 15 is 0 Å². The number of benzene rings is 1. The van der Waals surface area contributed by atoms with E-state index < -0.39 is 21.7 Å². The van der Waals surface area contributed by atoms with E-state index in [-0.39, 0.29) is 10.6 Å². The highest BCUT2D eigenvalue weighted by Crippen LogP contribution is 2.21. The highest BCUT2D eigenvalue weighted by Gasteiger charge is 2.14. The molecule has 0 saturated heterocycles. The monoisotopic (exact) mass is 232 g/mol. The lowest BCUT2D eigenvalue weighted by Crippen LogP contribution is -2.21. The number of nitrogens with two attached hydrogens (primary N) is 1. The average molecular weight is 232 g/mol. The molecule has 0 saturated carbocycles. The van der Waals surface area contributed by atoms with Crippen LogP contribution in [-0.4, -0.2) is 20.7 Å². The maximum absolute atomic E-state index is 12.8. The number of halogens is 1. The van der Waals surface area contributed by atoms with Crippen molar-refractivity contribution in [2.45, 2.75) is 4.90 Å². The molecule has 1 aromatic carbocycles. The molecule has 0 heterocycles. The van der Waals surface area contributed by atoms with Crippen LogP contribution in [0.25, 0.3) is 0 Å². The van der Waals surface area contributed by atoms with Crippen LogP contribution < -0.4 is 11.1 Å². The average Bonchev–Trinajstić information content (AvgIpc) is 1.99. The van der Waals surface area contributed by atoms with Gasteiger partial charge in [0, 0.05) is 6.26 Å². The SMILES string of the molecule is CS(=O)(=O)c1ccc(F)cc1NC(N)=O. The number of hydrogen-bond donors (Lipinski definition) is 2. The number of carbonyl (C=O) groups excluding carboxylic acids is 1. The zero-order valence-corrected chi connectivity index (χ0v) is 8.64. The first-order valence-corrected chi connectivity index (χ1v) is 5.76. The van der Waals surface area contributed by atoms with Gasteiger partial charge in [-0.3, -0.25) is 0 Å². The standard InChI is InChI=1S/C8H9FN2O3S/c1-15(13,14)7-3-2-5(9)4-6(7)11-8(10)12/h2-4H,1H3,(H3,10,11,12). The maximum atomic E-state index is 12.8. The molecular weight excluding hydrogens is 223 g/mol. The van der Waals surface area contributed by atoms with E-state index in [9.17, 15) is 17.6 Å². The normalized spacial score (nSPS) is 11.1. The summed E-state index contributed by atoms with van der Waals surface area (Å²) in [5, 5.41) is 2.04. The third kappa shape index (κ3) is 2.91. The maximum Gasteiger partial charge on any atom is 0.316 e. The summed E-state index contributed by atoms with van der Waals surface area (Å²) in [4.78, 5) is 10.4. The predicted octanol–water partition coefficient (Wildman–Crippen LogP) is 0.720. The Kier molecular flexibility index (Phi) is 2.94. The van der Waals surface area contributed by atoms with Crippen molar-refractivity contribution in [3.63, 3.8) is 0 Å². The lowest BCUT2D eigenvalue weighted by atomic mass is 10.3. The van der Waals surface area contributed by atoms with Gasteiger partial charge in [0.15, 0.2) is 9.84 Å². The first kappa shape index (κ1) is 11.4. The zero-order valence-electron chi connectivity index (χ0n) is 7.82. The molecule has 0 aromatic heterocycles. The van der Waals surface area contributed by atoms with Crippen molar-refractivity contribution in [2.75, 3.05) is 11.6 Å². The number of anilines is 1. The molecule has 0 bridgehead atoms. The van der Waals surface area contributed by atoms with E-state index in [2.05, 4.69) is 0 Å². The molecule has 0 spiro atoms. The van der Waals surface area contributed by atoms with Crippen molar-refractivity contribution in [1.29, 1.82) is 0 Å². The Morgan fingerprint density at radius 1 is 1.47 bits per heavy atom. The lowest BCUT2D eigenvalue weighted by Gasteiger charge is -2.07. The fourth-order valence-corrected chi connectivity index (χ4v) is 1.88. The van der Waals surface area contributed by atoms with E-state index in [1.807, 2.05) is 5.32 Å². The molecule has 3 N–H and O–H groups in total. The van der Waals surface area contributed by atoms with Crippen LogP contribution in [0, 0.1) is 5.82 Å². The summed E-state index contributed by atoms with van der Waals surface area (Å²) in [5.41, 5.74) is 4.66. The zero-order chi connectivity index (χ0) is 11.6. The summed E-state index contributed by atoms with van der Waals surface area (Å²) in [6.45, 7) is 0. The second-order valence-corrected chi connectivity index (χ2v) is 4.89. The molecule has 1 aromatic rings. The molecule has 0 aliphatic heterocycles. The van der Waals surface area contributed by atoms with Crippen molar-refractivity contribution in [1.82, 2.24) is 0 Å². The molecule has 0 fully saturated rings. The number of amides is 2. The highest BCUT2D eigenvalue weighted by atomic mass is 32.2. The topological polar surface area (TPSA) is 89.3 Å². The van der Waals surface area contributed by atoms with Gasteiger partial charge in [0.05, 0.1) is 10.6 Å². The van der Waals surface area contributed by atoms with Crippen molar-refractivity contribution >= 4 is 21.6 Å². The number of hydrogen-bond acceptors (Lipinski definition) is 3. The van der Waals surface area contributed by atoms with Crippen molar-refractivity contribution in [2.24, 2.45) is 5.73 Å². The van der Waals surface area contributed by atoms with Gasteiger partial charge >= 0.3 is 6.03 Å². The summed E-state index contributed by atoms with van der Waals surface area (Å²) >= 11 is 0. The number of carbonyl (C=O) groups is 1. The van der Waals surface area contributed by atoms with E-state index in [0.717, 1.165) is 24.5 Å². The van der Waals surface area contributed by atoms with Gasteiger partial charge < -0.3 is 11.1 Å². The van der Waals surface area contributed by atoms with E-state index in [0.29, 0.717) is 0 Å². The summed E-state index contributed by atoms with van der Waals surface area (Å²) in [6, 6.07) is 1.99. The van der Waals surface area contributed by atoms with Crippen LogP contribution >= 0.6 is 0 Å². The molecule has 15 heavy (non-hydrogen) atoms. The van der Waals surface area contributed by atoms with Crippen LogP contribution in [0.4, 0.5) is 14.9 Å².